The minimum absolute atomic E-state index is 0.121. The van der Waals surface area contributed by atoms with E-state index in [0.717, 1.165) is 35.0 Å². The molecule has 0 spiro atoms. The van der Waals surface area contributed by atoms with Crippen LogP contribution in [-0.4, -0.2) is 11.1 Å². The number of nitrogens with two attached hydrogens (primary N) is 1. The quantitative estimate of drug-likeness (QED) is 0.594. The summed E-state index contributed by atoms with van der Waals surface area (Å²) in [6, 6.07) is 10.7. The topological polar surface area (TPSA) is 40.2 Å². The molecular formula is C21H24ClFN2O. The lowest BCUT2D eigenvalue weighted by Crippen LogP contribution is -2.09. The van der Waals surface area contributed by atoms with Crippen molar-refractivity contribution >= 4 is 22.5 Å². The first-order chi connectivity index (χ1) is 12.5. The van der Waals surface area contributed by atoms with Crippen molar-refractivity contribution in [1.82, 2.24) is 4.57 Å². The molecule has 0 saturated carbocycles. The van der Waals surface area contributed by atoms with Crippen LogP contribution in [0.4, 0.5) is 4.39 Å². The number of nitrogens with zero attached hydrogens (tertiary/aromatic N) is 1. The van der Waals surface area contributed by atoms with Gasteiger partial charge in [0.15, 0.2) is 11.6 Å². The Morgan fingerprint density at radius 1 is 1.19 bits per heavy atom. The molecule has 138 valence electrons. The van der Waals surface area contributed by atoms with Crippen molar-refractivity contribution in [3.05, 3.63) is 64.6 Å². The molecular weight excluding hydrogens is 351 g/mol. The Balaban J connectivity index is 2.04. The summed E-state index contributed by atoms with van der Waals surface area (Å²) in [6.45, 7) is 5.83. The van der Waals surface area contributed by atoms with Crippen LogP contribution in [0.15, 0.2) is 42.6 Å². The second-order valence-electron chi connectivity index (χ2n) is 6.60. The van der Waals surface area contributed by atoms with Crippen LogP contribution in [-0.2, 0) is 13.2 Å². The zero-order chi connectivity index (χ0) is 18.7. The third-order valence-corrected chi connectivity index (χ3v) is 4.88. The summed E-state index contributed by atoms with van der Waals surface area (Å²) >= 11 is 5.92. The molecule has 26 heavy (non-hydrogen) atoms. The van der Waals surface area contributed by atoms with E-state index in [2.05, 4.69) is 24.6 Å². The average Bonchev–Trinajstić information content (AvgIpc) is 3.00. The molecule has 1 unspecified atom stereocenters. The highest BCUT2D eigenvalue weighted by Crippen LogP contribution is 2.37. The number of ether oxygens (including phenoxy) is 1. The maximum absolute atomic E-state index is 14.6. The maximum Gasteiger partial charge on any atom is 0.165 e. The molecule has 1 heterocycles. The van der Waals surface area contributed by atoms with Gasteiger partial charge in [-0.2, -0.15) is 0 Å². The smallest absolute Gasteiger partial charge is 0.165 e. The summed E-state index contributed by atoms with van der Waals surface area (Å²) < 4.78 is 22.7. The van der Waals surface area contributed by atoms with E-state index < -0.39 is 0 Å². The zero-order valence-corrected chi connectivity index (χ0v) is 15.9. The van der Waals surface area contributed by atoms with Crippen molar-refractivity contribution in [2.75, 3.05) is 6.54 Å². The predicted octanol–water partition coefficient (Wildman–Crippen LogP) is 5.49. The van der Waals surface area contributed by atoms with Gasteiger partial charge in [0, 0.05) is 23.2 Å². The first-order valence-corrected chi connectivity index (χ1v) is 9.31. The van der Waals surface area contributed by atoms with E-state index in [-0.39, 0.29) is 18.3 Å². The minimum Gasteiger partial charge on any atom is -0.485 e. The summed E-state index contributed by atoms with van der Waals surface area (Å²) in [4.78, 5) is 0. The first-order valence-electron chi connectivity index (χ1n) is 8.93. The number of benzene rings is 2. The van der Waals surface area contributed by atoms with Gasteiger partial charge < -0.3 is 15.0 Å². The Morgan fingerprint density at radius 3 is 2.58 bits per heavy atom. The number of hydrogen-bond acceptors (Lipinski definition) is 2. The number of halogens is 2. The van der Waals surface area contributed by atoms with Gasteiger partial charge in [-0.1, -0.05) is 37.6 Å². The van der Waals surface area contributed by atoms with Crippen LogP contribution >= 0.6 is 11.6 Å². The normalized spacial score (nSPS) is 12.5. The van der Waals surface area contributed by atoms with Crippen LogP contribution in [0.25, 0.3) is 10.9 Å². The highest BCUT2D eigenvalue weighted by Gasteiger charge is 2.20. The van der Waals surface area contributed by atoms with E-state index >= 15 is 0 Å². The molecule has 0 bridgehead atoms. The van der Waals surface area contributed by atoms with Crippen LogP contribution in [0.2, 0.25) is 5.02 Å². The van der Waals surface area contributed by atoms with Crippen LogP contribution in [0.1, 0.15) is 37.3 Å². The van der Waals surface area contributed by atoms with Gasteiger partial charge in [0.2, 0.25) is 0 Å². The molecule has 3 rings (SSSR count). The van der Waals surface area contributed by atoms with Crippen molar-refractivity contribution in [1.29, 1.82) is 0 Å². The summed E-state index contributed by atoms with van der Waals surface area (Å²) in [5.41, 5.74) is 8.84. The molecule has 0 fully saturated rings. The van der Waals surface area contributed by atoms with E-state index in [0.29, 0.717) is 17.3 Å². The Labute approximate surface area is 158 Å². The Morgan fingerprint density at radius 2 is 1.92 bits per heavy atom. The Hall–Kier alpha value is -2.04. The first kappa shape index (κ1) is 18.7. The highest BCUT2D eigenvalue weighted by atomic mass is 35.5. The van der Waals surface area contributed by atoms with Gasteiger partial charge in [0.1, 0.15) is 6.61 Å². The van der Waals surface area contributed by atoms with Crippen molar-refractivity contribution in [3.63, 3.8) is 0 Å². The minimum atomic E-state index is -0.355. The largest absolute Gasteiger partial charge is 0.485 e. The summed E-state index contributed by atoms with van der Waals surface area (Å²) in [5, 5.41) is 1.49. The lowest BCUT2D eigenvalue weighted by Gasteiger charge is -2.13. The number of rotatable bonds is 7. The fourth-order valence-electron chi connectivity index (χ4n) is 3.17. The number of aryl methyl sites for hydroxylation is 1. The zero-order valence-electron chi connectivity index (χ0n) is 15.1. The third-order valence-electron chi connectivity index (χ3n) is 4.63. The predicted molar refractivity (Wildman–Crippen MR) is 105 cm³/mol. The molecule has 0 aliphatic heterocycles. The van der Waals surface area contributed by atoms with E-state index in [9.17, 15) is 4.39 Å². The standard InChI is InChI=1S/C21H24ClFN2O/c1-3-10-25-12-17(14(2)11-24)20-19(25)9-8-18(23)21(20)26-13-15-4-6-16(22)7-5-15/h4-9,12,14H,3,10-11,13,24H2,1-2H3. The van der Waals surface area contributed by atoms with Gasteiger partial charge in [-0.05, 0) is 54.3 Å². The number of hydrogen-bond donors (Lipinski definition) is 1. The lowest BCUT2D eigenvalue weighted by molar-refractivity contribution is 0.294. The van der Waals surface area contributed by atoms with Crippen LogP contribution in [0.3, 0.4) is 0 Å². The average molecular weight is 375 g/mol. The van der Waals surface area contributed by atoms with Gasteiger partial charge in [-0.3, -0.25) is 0 Å². The molecule has 0 amide bonds. The van der Waals surface area contributed by atoms with E-state index in [1.54, 1.807) is 12.1 Å². The lowest BCUT2D eigenvalue weighted by atomic mass is 10.00. The fourth-order valence-corrected chi connectivity index (χ4v) is 3.30. The van der Waals surface area contributed by atoms with Gasteiger partial charge in [-0.25, -0.2) is 4.39 Å². The summed E-state index contributed by atoms with van der Waals surface area (Å²) in [7, 11) is 0. The maximum atomic E-state index is 14.6. The molecule has 0 aliphatic carbocycles. The number of fused-ring (bicyclic) bond motifs is 1. The molecule has 1 atom stereocenters. The van der Waals surface area contributed by atoms with Crippen molar-refractivity contribution in [2.45, 2.75) is 39.3 Å². The van der Waals surface area contributed by atoms with Crippen LogP contribution in [0, 0.1) is 5.82 Å². The highest BCUT2D eigenvalue weighted by molar-refractivity contribution is 6.30. The molecule has 3 aromatic rings. The second kappa shape index (κ2) is 8.11. The molecule has 0 aliphatic rings. The molecule has 2 N–H and O–H groups in total. The van der Waals surface area contributed by atoms with Gasteiger partial charge in [0.25, 0.3) is 0 Å². The van der Waals surface area contributed by atoms with Gasteiger partial charge in [0.05, 0.1) is 5.52 Å². The fraction of sp³-hybridized carbons (Fsp3) is 0.333. The van der Waals surface area contributed by atoms with E-state index in [1.165, 1.54) is 6.07 Å². The molecule has 5 heteroatoms. The molecule has 1 aromatic heterocycles. The van der Waals surface area contributed by atoms with Crippen LogP contribution in [0.5, 0.6) is 5.75 Å². The van der Waals surface area contributed by atoms with Crippen molar-refractivity contribution in [2.24, 2.45) is 5.73 Å². The third kappa shape index (κ3) is 3.71. The Kier molecular flexibility index (Phi) is 5.84. The van der Waals surface area contributed by atoms with E-state index in [1.807, 2.05) is 18.2 Å². The molecule has 3 nitrogen and oxygen atoms in total. The van der Waals surface area contributed by atoms with Crippen LogP contribution < -0.4 is 10.5 Å². The number of aromatic nitrogens is 1. The van der Waals surface area contributed by atoms with Gasteiger partial charge >= 0.3 is 0 Å². The summed E-state index contributed by atoms with van der Waals surface area (Å²) in [6.07, 6.45) is 3.08. The summed E-state index contributed by atoms with van der Waals surface area (Å²) in [5.74, 6) is 0.0593. The van der Waals surface area contributed by atoms with Crippen molar-refractivity contribution in [3.8, 4) is 5.75 Å². The monoisotopic (exact) mass is 374 g/mol. The molecule has 0 radical (unpaired) electrons. The van der Waals surface area contributed by atoms with Gasteiger partial charge in [-0.15, -0.1) is 0 Å². The molecule has 0 saturated heterocycles. The second-order valence-corrected chi connectivity index (χ2v) is 7.04. The van der Waals surface area contributed by atoms with E-state index in [4.69, 9.17) is 22.1 Å². The molecule has 2 aromatic carbocycles. The Bertz CT molecular complexity index is 889. The SMILES string of the molecule is CCCn1cc(C(C)CN)c2c(OCc3ccc(Cl)cc3)c(F)ccc21. The van der Waals surface area contributed by atoms with Crippen molar-refractivity contribution < 1.29 is 9.13 Å².